The number of carboxylic acid groups (broad SMARTS) is 1. The first-order valence-electron chi connectivity index (χ1n) is 8.62. The predicted octanol–water partition coefficient (Wildman–Crippen LogP) is 2.23. The molecule has 0 radical (unpaired) electrons. The third kappa shape index (κ3) is 4.97. The van der Waals surface area contributed by atoms with E-state index in [0.717, 1.165) is 16.4 Å². The van der Waals surface area contributed by atoms with Crippen molar-refractivity contribution in [3.8, 4) is 0 Å². The van der Waals surface area contributed by atoms with Crippen LogP contribution in [0.2, 0.25) is 0 Å². The fraction of sp³-hybridized carbons (Fsp3) is 0.368. The zero-order valence-electron chi connectivity index (χ0n) is 15.2. The molecule has 0 aliphatic carbocycles. The first kappa shape index (κ1) is 20.7. The molecule has 8 heteroatoms. The largest absolute Gasteiger partial charge is 0.475 e. The summed E-state index contributed by atoms with van der Waals surface area (Å²) in [6.07, 6.45) is 2.81. The van der Waals surface area contributed by atoms with Gasteiger partial charge in [-0.15, -0.1) is 11.8 Å². The Bertz CT molecular complexity index is 750. The molecular formula is C19H22N2O5S. The molecule has 0 bridgehead atoms. The van der Waals surface area contributed by atoms with Crippen LogP contribution in [0.1, 0.15) is 32.3 Å². The molecule has 0 saturated heterocycles. The highest BCUT2D eigenvalue weighted by Crippen LogP contribution is 2.27. The highest BCUT2D eigenvalue weighted by atomic mass is 32.2. The Morgan fingerprint density at radius 1 is 1.26 bits per heavy atom. The summed E-state index contributed by atoms with van der Waals surface area (Å²) in [4.78, 5) is 48.9. The van der Waals surface area contributed by atoms with E-state index in [1.807, 2.05) is 6.92 Å². The lowest BCUT2D eigenvalue weighted by Gasteiger charge is -2.39. The standard InChI is InChI=1S/C19H22N2O5S/c1-3-7-16-18(24)20(10-11-27-16)21(13(2)22)15(17(23)19(25)26)12-14-8-5-4-6-9-14/h4-6,8-11,15-16H,3,7,12H2,1-2H3,(H,25,26)/t15-,16?/m0/s1. The SMILES string of the molecule is CCCC1SC=CN(N(C(C)=O)[C@@H](Cc2ccccc2)C(=O)C(=O)O)C1=O. The van der Waals surface area contributed by atoms with Crippen molar-refractivity contribution < 1.29 is 24.3 Å². The van der Waals surface area contributed by atoms with Crippen LogP contribution in [0.15, 0.2) is 41.9 Å². The molecular weight excluding hydrogens is 368 g/mol. The maximum absolute atomic E-state index is 12.8. The first-order valence-corrected chi connectivity index (χ1v) is 9.57. The molecule has 1 heterocycles. The van der Waals surface area contributed by atoms with Gasteiger partial charge in [0.2, 0.25) is 5.91 Å². The third-order valence-electron chi connectivity index (χ3n) is 4.13. The molecule has 1 aromatic rings. The Kier molecular flexibility index (Phi) is 7.18. The number of rotatable bonds is 8. The Balaban J connectivity index is 2.41. The Labute approximate surface area is 162 Å². The number of hydrogen-bond acceptors (Lipinski definition) is 5. The molecule has 0 saturated carbocycles. The zero-order valence-corrected chi connectivity index (χ0v) is 16.0. The Hall–Kier alpha value is -2.61. The molecule has 144 valence electrons. The predicted molar refractivity (Wildman–Crippen MR) is 101 cm³/mol. The van der Waals surface area contributed by atoms with Crippen LogP contribution in [0, 0.1) is 0 Å². The average Bonchev–Trinajstić information content (AvgIpc) is 2.64. The van der Waals surface area contributed by atoms with Crippen LogP contribution in [0.4, 0.5) is 0 Å². The van der Waals surface area contributed by atoms with Crippen LogP contribution < -0.4 is 0 Å². The lowest BCUT2D eigenvalue weighted by atomic mass is 10.0. The van der Waals surface area contributed by atoms with E-state index in [1.165, 1.54) is 24.9 Å². The van der Waals surface area contributed by atoms with Crippen molar-refractivity contribution in [3.05, 3.63) is 47.5 Å². The molecule has 27 heavy (non-hydrogen) atoms. The third-order valence-corrected chi connectivity index (χ3v) is 5.18. The summed E-state index contributed by atoms with van der Waals surface area (Å²) in [5.41, 5.74) is 0.691. The maximum Gasteiger partial charge on any atom is 0.374 e. The Morgan fingerprint density at radius 2 is 1.93 bits per heavy atom. The highest BCUT2D eigenvalue weighted by Gasteiger charge is 2.40. The van der Waals surface area contributed by atoms with Gasteiger partial charge in [0.15, 0.2) is 0 Å². The van der Waals surface area contributed by atoms with Crippen LogP contribution in [0.25, 0.3) is 0 Å². The van der Waals surface area contributed by atoms with E-state index in [2.05, 4.69) is 0 Å². The van der Waals surface area contributed by atoms with Crippen molar-refractivity contribution in [2.75, 3.05) is 0 Å². The minimum absolute atomic E-state index is 0.00520. The Morgan fingerprint density at radius 3 is 2.48 bits per heavy atom. The smallest absolute Gasteiger partial charge is 0.374 e. The number of Topliss-reactive ketones (excluding diaryl/α,β-unsaturated/α-hetero) is 1. The normalized spacial score (nSPS) is 17.5. The van der Waals surface area contributed by atoms with Gasteiger partial charge in [-0.05, 0) is 17.4 Å². The molecule has 2 atom stereocenters. The molecule has 1 aliphatic rings. The van der Waals surface area contributed by atoms with Gasteiger partial charge in [-0.25, -0.2) is 14.8 Å². The van der Waals surface area contributed by atoms with Gasteiger partial charge in [0.05, 0.1) is 5.25 Å². The quantitative estimate of drug-likeness (QED) is 0.684. The second-order valence-electron chi connectivity index (χ2n) is 6.12. The van der Waals surface area contributed by atoms with Crippen LogP contribution >= 0.6 is 11.8 Å². The number of ketones is 1. The van der Waals surface area contributed by atoms with Crippen LogP contribution in [0.3, 0.4) is 0 Å². The fourth-order valence-corrected chi connectivity index (χ4v) is 3.86. The molecule has 0 aromatic heterocycles. The van der Waals surface area contributed by atoms with Crippen molar-refractivity contribution >= 4 is 35.3 Å². The number of thioether (sulfide) groups is 1. The number of hydrazine groups is 1. The van der Waals surface area contributed by atoms with E-state index in [0.29, 0.717) is 12.0 Å². The van der Waals surface area contributed by atoms with Gasteiger partial charge in [0, 0.05) is 19.5 Å². The number of hydrogen-bond donors (Lipinski definition) is 1. The summed E-state index contributed by atoms with van der Waals surface area (Å²) in [6, 6.07) is 7.48. The van der Waals surface area contributed by atoms with Crippen molar-refractivity contribution in [2.24, 2.45) is 0 Å². The average molecular weight is 390 g/mol. The van der Waals surface area contributed by atoms with E-state index in [9.17, 15) is 24.3 Å². The van der Waals surface area contributed by atoms with Gasteiger partial charge in [0.1, 0.15) is 6.04 Å². The van der Waals surface area contributed by atoms with Gasteiger partial charge in [-0.2, -0.15) is 0 Å². The number of carbonyl (C=O) groups excluding carboxylic acids is 3. The summed E-state index contributed by atoms with van der Waals surface area (Å²) in [5.74, 6) is -3.70. The van der Waals surface area contributed by atoms with Crippen LogP contribution in [-0.4, -0.2) is 50.0 Å². The van der Waals surface area contributed by atoms with E-state index >= 15 is 0 Å². The molecule has 1 unspecified atom stereocenters. The number of amides is 2. The molecule has 1 N–H and O–H groups in total. The summed E-state index contributed by atoms with van der Waals surface area (Å²) >= 11 is 1.35. The zero-order chi connectivity index (χ0) is 20.0. The van der Waals surface area contributed by atoms with E-state index < -0.39 is 23.7 Å². The molecule has 1 aliphatic heterocycles. The molecule has 1 aromatic carbocycles. The number of carboxylic acids is 1. The summed E-state index contributed by atoms with van der Waals surface area (Å²) in [5, 5.41) is 12.6. The van der Waals surface area contributed by atoms with Gasteiger partial charge in [-0.3, -0.25) is 14.4 Å². The highest BCUT2D eigenvalue weighted by molar-refractivity contribution is 8.03. The molecule has 7 nitrogen and oxygen atoms in total. The van der Waals surface area contributed by atoms with Crippen molar-refractivity contribution in [1.29, 1.82) is 0 Å². The monoisotopic (exact) mass is 390 g/mol. The number of carbonyl (C=O) groups is 4. The maximum atomic E-state index is 12.8. The van der Waals surface area contributed by atoms with Crippen molar-refractivity contribution in [2.45, 2.75) is 44.4 Å². The van der Waals surface area contributed by atoms with Gasteiger partial charge < -0.3 is 5.11 Å². The summed E-state index contributed by atoms with van der Waals surface area (Å²) in [6.45, 7) is 3.16. The lowest BCUT2D eigenvalue weighted by Crippen LogP contribution is -2.58. The van der Waals surface area contributed by atoms with Gasteiger partial charge in [-0.1, -0.05) is 43.7 Å². The summed E-state index contributed by atoms with van der Waals surface area (Å²) < 4.78 is 0. The topological polar surface area (TPSA) is 95.0 Å². The van der Waals surface area contributed by atoms with E-state index in [1.54, 1.807) is 35.7 Å². The molecule has 0 fully saturated rings. The number of benzene rings is 1. The van der Waals surface area contributed by atoms with Crippen molar-refractivity contribution in [3.63, 3.8) is 0 Å². The lowest BCUT2D eigenvalue weighted by molar-refractivity contribution is -0.167. The van der Waals surface area contributed by atoms with Crippen LogP contribution in [0.5, 0.6) is 0 Å². The number of aliphatic carboxylic acids is 1. The first-order chi connectivity index (χ1) is 12.9. The molecule has 2 amide bonds. The van der Waals surface area contributed by atoms with Crippen LogP contribution in [-0.2, 0) is 25.6 Å². The minimum Gasteiger partial charge on any atom is -0.475 e. The number of nitrogens with zero attached hydrogens (tertiary/aromatic N) is 2. The second-order valence-corrected chi connectivity index (χ2v) is 7.23. The summed E-state index contributed by atoms with van der Waals surface area (Å²) in [7, 11) is 0. The van der Waals surface area contributed by atoms with Gasteiger partial charge >= 0.3 is 5.97 Å². The molecule has 0 spiro atoms. The van der Waals surface area contributed by atoms with E-state index in [-0.39, 0.29) is 17.6 Å². The van der Waals surface area contributed by atoms with Gasteiger partial charge in [0.25, 0.3) is 11.7 Å². The van der Waals surface area contributed by atoms with Crippen molar-refractivity contribution in [1.82, 2.24) is 10.0 Å². The minimum atomic E-state index is -1.64. The second kappa shape index (κ2) is 9.36. The molecule has 2 rings (SSSR count). The van der Waals surface area contributed by atoms with E-state index in [4.69, 9.17) is 0 Å². The fourth-order valence-electron chi connectivity index (χ4n) is 2.89.